The van der Waals surface area contributed by atoms with Crippen molar-refractivity contribution in [1.29, 1.82) is 0 Å². The number of hydrogen-bond donors (Lipinski definition) is 0. The molecule has 0 spiro atoms. The Hall–Kier alpha value is -2.13. The minimum Gasteiger partial charge on any atom is -0.456 e. The molecule has 3 rings (SSSR count). The summed E-state index contributed by atoms with van der Waals surface area (Å²) in [6.07, 6.45) is 0.700. The van der Waals surface area contributed by atoms with E-state index in [9.17, 15) is 4.79 Å². The highest BCUT2D eigenvalue weighted by Crippen LogP contribution is 2.22. The van der Waals surface area contributed by atoms with Gasteiger partial charge in [0.2, 0.25) is 0 Å². The summed E-state index contributed by atoms with van der Waals surface area (Å²) >= 11 is 0. The van der Waals surface area contributed by atoms with Crippen LogP contribution in [0.2, 0.25) is 0 Å². The first-order valence-electron chi connectivity index (χ1n) is 7.20. The van der Waals surface area contributed by atoms with Crippen molar-refractivity contribution in [2.24, 2.45) is 5.92 Å². The Morgan fingerprint density at radius 2 is 1.67 bits per heavy atom. The van der Waals surface area contributed by atoms with Gasteiger partial charge in [-0.3, -0.25) is 0 Å². The van der Waals surface area contributed by atoms with Crippen molar-refractivity contribution < 1.29 is 14.3 Å². The van der Waals surface area contributed by atoms with E-state index in [0.717, 1.165) is 6.42 Å². The van der Waals surface area contributed by atoms with Crippen molar-refractivity contribution in [3.05, 3.63) is 71.8 Å². The third-order valence-corrected chi connectivity index (χ3v) is 3.75. The van der Waals surface area contributed by atoms with Gasteiger partial charge in [0.05, 0.1) is 18.8 Å². The molecule has 2 atom stereocenters. The minimum atomic E-state index is -0.274. The molecule has 0 amide bonds. The second-order valence-electron chi connectivity index (χ2n) is 5.30. The minimum absolute atomic E-state index is 0.169. The molecule has 3 heteroatoms. The predicted octanol–water partition coefficient (Wildman–Crippen LogP) is 3.10. The fourth-order valence-corrected chi connectivity index (χ4v) is 2.60. The van der Waals surface area contributed by atoms with Gasteiger partial charge in [-0.2, -0.15) is 0 Å². The van der Waals surface area contributed by atoms with Crippen molar-refractivity contribution in [3.8, 4) is 0 Å². The lowest BCUT2D eigenvalue weighted by Crippen LogP contribution is -2.27. The van der Waals surface area contributed by atoms with Crippen LogP contribution in [0, 0.1) is 5.92 Å². The van der Waals surface area contributed by atoms with E-state index in [-0.39, 0.29) is 18.0 Å². The molecule has 3 nitrogen and oxygen atoms in total. The second kappa shape index (κ2) is 6.55. The van der Waals surface area contributed by atoms with Crippen LogP contribution in [0.15, 0.2) is 60.7 Å². The molecule has 2 aromatic rings. The maximum Gasteiger partial charge on any atom is 0.338 e. The molecule has 1 fully saturated rings. The van der Waals surface area contributed by atoms with Crippen LogP contribution in [-0.4, -0.2) is 25.3 Å². The summed E-state index contributed by atoms with van der Waals surface area (Å²) < 4.78 is 11.1. The van der Waals surface area contributed by atoms with Crippen molar-refractivity contribution in [2.45, 2.75) is 12.5 Å². The molecule has 0 aromatic heterocycles. The lowest BCUT2D eigenvalue weighted by molar-refractivity contribution is 0.0200. The van der Waals surface area contributed by atoms with Crippen LogP contribution in [0.1, 0.15) is 15.9 Å². The summed E-state index contributed by atoms with van der Waals surface area (Å²) in [5.74, 6) is -0.0516. The van der Waals surface area contributed by atoms with Gasteiger partial charge in [-0.05, 0) is 24.1 Å². The predicted molar refractivity (Wildman–Crippen MR) is 80.1 cm³/mol. The maximum absolute atomic E-state index is 12.1. The normalized spacial score (nSPS) is 21.1. The zero-order chi connectivity index (χ0) is 14.5. The summed E-state index contributed by atoms with van der Waals surface area (Å²) in [5, 5.41) is 0. The van der Waals surface area contributed by atoms with E-state index in [2.05, 4.69) is 12.1 Å². The molecule has 0 saturated carbocycles. The molecular weight excluding hydrogens is 264 g/mol. The van der Waals surface area contributed by atoms with Crippen LogP contribution >= 0.6 is 0 Å². The van der Waals surface area contributed by atoms with Gasteiger partial charge < -0.3 is 9.47 Å². The first-order valence-corrected chi connectivity index (χ1v) is 7.20. The zero-order valence-electron chi connectivity index (χ0n) is 11.8. The first kappa shape index (κ1) is 13.8. The van der Waals surface area contributed by atoms with Crippen LogP contribution in [0.5, 0.6) is 0 Å². The Morgan fingerprint density at radius 1 is 1.00 bits per heavy atom. The Bertz CT molecular complexity index is 580. The number of hydrogen-bond acceptors (Lipinski definition) is 3. The van der Waals surface area contributed by atoms with Crippen LogP contribution < -0.4 is 0 Å². The largest absolute Gasteiger partial charge is 0.456 e. The molecule has 0 aliphatic carbocycles. The summed E-state index contributed by atoms with van der Waals surface area (Å²) in [6, 6.07) is 19.3. The van der Waals surface area contributed by atoms with E-state index in [1.165, 1.54) is 5.56 Å². The van der Waals surface area contributed by atoms with E-state index in [0.29, 0.717) is 18.8 Å². The van der Waals surface area contributed by atoms with E-state index in [1.807, 2.05) is 36.4 Å². The Labute approximate surface area is 124 Å². The highest BCUT2D eigenvalue weighted by molar-refractivity contribution is 5.89. The standard InChI is InChI=1S/C18H18O3/c19-18(15-9-5-2-6-10-15)21-17-13-20-12-16(17)11-14-7-3-1-4-8-14/h1-10,16-17H,11-13H2/t16-,17-/m0/s1. The van der Waals surface area contributed by atoms with Crippen molar-refractivity contribution >= 4 is 5.97 Å². The fraction of sp³-hybridized carbons (Fsp3) is 0.278. The average molecular weight is 282 g/mol. The van der Waals surface area contributed by atoms with Gasteiger partial charge in [-0.1, -0.05) is 48.5 Å². The average Bonchev–Trinajstić information content (AvgIpc) is 2.96. The van der Waals surface area contributed by atoms with E-state index < -0.39 is 0 Å². The SMILES string of the molecule is O=C(O[C@H]1COC[C@@H]1Cc1ccccc1)c1ccccc1. The number of benzene rings is 2. The number of esters is 1. The quantitative estimate of drug-likeness (QED) is 0.808. The van der Waals surface area contributed by atoms with Gasteiger partial charge in [-0.25, -0.2) is 4.79 Å². The molecule has 0 N–H and O–H groups in total. The zero-order valence-corrected chi connectivity index (χ0v) is 11.8. The van der Waals surface area contributed by atoms with Gasteiger partial charge in [-0.15, -0.1) is 0 Å². The van der Waals surface area contributed by atoms with Crippen LogP contribution in [0.4, 0.5) is 0 Å². The van der Waals surface area contributed by atoms with Crippen LogP contribution in [0.25, 0.3) is 0 Å². The van der Waals surface area contributed by atoms with Crippen molar-refractivity contribution in [2.75, 3.05) is 13.2 Å². The Balaban J connectivity index is 1.63. The monoisotopic (exact) mass is 282 g/mol. The lowest BCUT2D eigenvalue weighted by Gasteiger charge is -2.18. The van der Waals surface area contributed by atoms with Crippen LogP contribution in [0.3, 0.4) is 0 Å². The number of carbonyl (C=O) groups excluding carboxylic acids is 1. The third-order valence-electron chi connectivity index (χ3n) is 3.75. The molecule has 1 aliphatic rings. The van der Waals surface area contributed by atoms with Gasteiger partial charge >= 0.3 is 5.97 Å². The molecule has 1 aliphatic heterocycles. The van der Waals surface area contributed by atoms with Gasteiger partial charge in [0.25, 0.3) is 0 Å². The Morgan fingerprint density at radius 3 is 2.38 bits per heavy atom. The van der Waals surface area contributed by atoms with Gasteiger partial charge in [0.1, 0.15) is 6.10 Å². The second-order valence-corrected chi connectivity index (χ2v) is 5.30. The fourth-order valence-electron chi connectivity index (χ4n) is 2.60. The maximum atomic E-state index is 12.1. The van der Waals surface area contributed by atoms with E-state index >= 15 is 0 Å². The van der Waals surface area contributed by atoms with Crippen molar-refractivity contribution in [3.63, 3.8) is 0 Å². The highest BCUT2D eigenvalue weighted by atomic mass is 16.6. The number of ether oxygens (including phenoxy) is 2. The molecule has 0 bridgehead atoms. The summed E-state index contributed by atoms with van der Waals surface area (Å²) in [7, 11) is 0. The highest BCUT2D eigenvalue weighted by Gasteiger charge is 2.31. The van der Waals surface area contributed by atoms with E-state index in [1.54, 1.807) is 12.1 Å². The van der Waals surface area contributed by atoms with Crippen molar-refractivity contribution in [1.82, 2.24) is 0 Å². The molecule has 0 unspecified atom stereocenters. The molecule has 2 aromatic carbocycles. The molecular formula is C18H18O3. The Kier molecular flexibility index (Phi) is 4.31. The number of carbonyl (C=O) groups is 1. The van der Waals surface area contributed by atoms with Gasteiger partial charge in [0.15, 0.2) is 0 Å². The molecule has 1 heterocycles. The van der Waals surface area contributed by atoms with Gasteiger partial charge in [0, 0.05) is 5.92 Å². The molecule has 1 saturated heterocycles. The summed E-state index contributed by atoms with van der Waals surface area (Å²) in [6.45, 7) is 1.12. The smallest absolute Gasteiger partial charge is 0.338 e. The van der Waals surface area contributed by atoms with Crippen LogP contribution in [-0.2, 0) is 15.9 Å². The molecule has 0 radical (unpaired) electrons. The third kappa shape index (κ3) is 3.50. The van der Waals surface area contributed by atoms with E-state index in [4.69, 9.17) is 9.47 Å². The number of rotatable bonds is 4. The topological polar surface area (TPSA) is 35.5 Å². The molecule has 21 heavy (non-hydrogen) atoms. The summed E-state index contributed by atoms with van der Waals surface area (Å²) in [4.78, 5) is 12.1. The lowest BCUT2D eigenvalue weighted by atomic mass is 9.96. The molecule has 108 valence electrons. The summed E-state index contributed by atoms with van der Waals surface area (Å²) in [5.41, 5.74) is 1.83. The first-order chi connectivity index (χ1) is 10.3.